The summed E-state index contributed by atoms with van der Waals surface area (Å²) in [6, 6.07) is 13.1. The standard InChI is InChI=1S/C18H18N2O3S/c1-20(11-17-19-13-6-4-5-7-16(13)24-17)18(21)12-8-9-14(22-2)15(10-12)23-3/h4-10H,11H2,1-3H3. The third kappa shape index (κ3) is 3.19. The van der Waals surface area contributed by atoms with Gasteiger partial charge in [-0.15, -0.1) is 11.3 Å². The first kappa shape index (κ1) is 16.3. The summed E-state index contributed by atoms with van der Waals surface area (Å²) in [5.74, 6) is 1.05. The molecule has 0 radical (unpaired) electrons. The molecule has 5 nitrogen and oxygen atoms in total. The molecule has 1 aromatic heterocycles. The average molecular weight is 342 g/mol. The topological polar surface area (TPSA) is 51.7 Å². The molecule has 0 bridgehead atoms. The lowest BCUT2D eigenvalue weighted by Gasteiger charge is -2.16. The number of amides is 1. The number of para-hydroxylation sites is 1. The molecule has 124 valence electrons. The number of hydrogen-bond donors (Lipinski definition) is 0. The van der Waals surface area contributed by atoms with Crippen molar-refractivity contribution >= 4 is 27.5 Å². The van der Waals surface area contributed by atoms with Crippen LogP contribution in [0.2, 0.25) is 0 Å². The number of ether oxygens (including phenoxy) is 2. The monoisotopic (exact) mass is 342 g/mol. The van der Waals surface area contributed by atoms with Gasteiger partial charge >= 0.3 is 0 Å². The van der Waals surface area contributed by atoms with Crippen LogP contribution in [0.4, 0.5) is 0 Å². The van der Waals surface area contributed by atoms with Crippen molar-refractivity contribution in [3.63, 3.8) is 0 Å². The summed E-state index contributed by atoms with van der Waals surface area (Å²) in [7, 11) is 4.89. The van der Waals surface area contributed by atoms with Crippen LogP contribution >= 0.6 is 11.3 Å². The number of nitrogens with zero attached hydrogens (tertiary/aromatic N) is 2. The lowest BCUT2D eigenvalue weighted by Crippen LogP contribution is -2.26. The zero-order chi connectivity index (χ0) is 17.1. The fourth-order valence-corrected chi connectivity index (χ4v) is 3.47. The summed E-state index contributed by atoms with van der Waals surface area (Å²) < 4.78 is 11.6. The van der Waals surface area contributed by atoms with Crippen LogP contribution in [0.15, 0.2) is 42.5 Å². The first-order valence-electron chi connectivity index (χ1n) is 7.44. The van der Waals surface area contributed by atoms with Gasteiger partial charge in [-0.25, -0.2) is 4.98 Å². The van der Waals surface area contributed by atoms with Crippen molar-refractivity contribution < 1.29 is 14.3 Å². The maximum Gasteiger partial charge on any atom is 0.254 e. The van der Waals surface area contributed by atoms with Gasteiger partial charge in [0.2, 0.25) is 0 Å². The van der Waals surface area contributed by atoms with E-state index in [1.807, 2.05) is 24.3 Å². The van der Waals surface area contributed by atoms with E-state index in [1.165, 1.54) is 0 Å². The highest BCUT2D eigenvalue weighted by Gasteiger charge is 2.16. The molecule has 6 heteroatoms. The number of hydrogen-bond acceptors (Lipinski definition) is 5. The molecule has 0 aliphatic rings. The van der Waals surface area contributed by atoms with Gasteiger partial charge in [-0.1, -0.05) is 12.1 Å². The van der Waals surface area contributed by atoms with Gasteiger partial charge in [0.05, 0.1) is 31.0 Å². The van der Waals surface area contributed by atoms with E-state index in [0.717, 1.165) is 15.2 Å². The van der Waals surface area contributed by atoms with Gasteiger partial charge in [-0.2, -0.15) is 0 Å². The Labute approximate surface area is 144 Å². The Kier molecular flexibility index (Phi) is 4.66. The Hall–Kier alpha value is -2.60. The van der Waals surface area contributed by atoms with Gasteiger partial charge in [-0.05, 0) is 30.3 Å². The summed E-state index contributed by atoms with van der Waals surface area (Å²) in [6.07, 6.45) is 0. The maximum atomic E-state index is 12.6. The Bertz CT molecular complexity index is 843. The molecule has 0 atom stereocenters. The minimum Gasteiger partial charge on any atom is -0.493 e. The summed E-state index contributed by atoms with van der Waals surface area (Å²) in [5.41, 5.74) is 1.51. The minimum atomic E-state index is -0.0878. The number of carbonyl (C=O) groups excluding carboxylic acids is 1. The Morgan fingerprint density at radius 1 is 1.12 bits per heavy atom. The van der Waals surface area contributed by atoms with Gasteiger partial charge < -0.3 is 14.4 Å². The number of benzene rings is 2. The molecule has 2 aromatic carbocycles. The second-order valence-corrected chi connectivity index (χ2v) is 6.42. The van der Waals surface area contributed by atoms with E-state index in [-0.39, 0.29) is 5.91 Å². The Morgan fingerprint density at radius 2 is 1.88 bits per heavy atom. The first-order valence-corrected chi connectivity index (χ1v) is 8.26. The highest BCUT2D eigenvalue weighted by atomic mass is 32.1. The Balaban J connectivity index is 1.79. The average Bonchev–Trinajstić information content (AvgIpc) is 3.02. The van der Waals surface area contributed by atoms with Crippen molar-refractivity contribution in [1.82, 2.24) is 9.88 Å². The number of carbonyl (C=O) groups is 1. The van der Waals surface area contributed by atoms with E-state index < -0.39 is 0 Å². The maximum absolute atomic E-state index is 12.6. The molecule has 0 N–H and O–H groups in total. The van der Waals surface area contributed by atoms with Crippen LogP contribution in [0.1, 0.15) is 15.4 Å². The SMILES string of the molecule is COc1ccc(C(=O)N(C)Cc2nc3ccccc3s2)cc1OC. The highest BCUT2D eigenvalue weighted by molar-refractivity contribution is 7.18. The predicted molar refractivity (Wildman–Crippen MR) is 95.0 cm³/mol. The molecule has 0 aliphatic heterocycles. The molecule has 0 saturated heterocycles. The quantitative estimate of drug-likeness (QED) is 0.711. The van der Waals surface area contributed by atoms with E-state index in [1.54, 1.807) is 55.7 Å². The van der Waals surface area contributed by atoms with Crippen molar-refractivity contribution in [3.05, 3.63) is 53.0 Å². The van der Waals surface area contributed by atoms with E-state index in [0.29, 0.717) is 23.6 Å². The summed E-state index contributed by atoms with van der Waals surface area (Å²) in [6.45, 7) is 0.465. The van der Waals surface area contributed by atoms with Crippen molar-refractivity contribution in [2.75, 3.05) is 21.3 Å². The normalized spacial score (nSPS) is 10.6. The van der Waals surface area contributed by atoms with Crippen LogP contribution < -0.4 is 9.47 Å². The molecule has 0 saturated carbocycles. The molecular weight excluding hydrogens is 324 g/mol. The van der Waals surface area contributed by atoms with Crippen molar-refractivity contribution in [1.29, 1.82) is 0 Å². The summed E-state index contributed by atoms with van der Waals surface area (Å²) in [4.78, 5) is 18.9. The van der Waals surface area contributed by atoms with E-state index in [4.69, 9.17) is 9.47 Å². The summed E-state index contributed by atoms with van der Waals surface area (Å²) >= 11 is 1.60. The number of aromatic nitrogens is 1. The molecular formula is C18H18N2O3S. The molecule has 0 unspecified atom stereocenters. The van der Waals surface area contributed by atoms with Crippen LogP contribution in [0.3, 0.4) is 0 Å². The van der Waals surface area contributed by atoms with Crippen LogP contribution in [0.25, 0.3) is 10.2 Å². The third-order valence-corrected chi connectivity index (χ3v) is 4.71. The van der Waals surface area contributed by atoms with Gasteiger partial charge in [0, 0.05) is 12.6 Å². The van der Waals surface area contributed by atoms with Crippen LogP contribution in [-0.4, -0.2) is 37.1 Å². The van der Waals surface area contributed by atoms with Crippen LogP contribution in [0, 0.1) is 0 Å². The molecule has 0 spiro atoms. The van der Waals surface area contributed by atoms with E-state index in [9.17, 15) is 4.79 Å². The van der Waals surface area contributed by atoms with Crippen molar-refractivity contribution in [2.24, 2.45) is 0 Å². The minimum absolute atomic E-state index is 0.0878. The van der Waals surface area contributed by atoms with E-state index >= 15 is 0 Å². The fourth-order valence-electron chi connectivity index (χ4n) is 2.45. The van der Waals surface area contributed by atoms with Crippen molar-refractivity contribution in [3.8, 4) is 11.5 Å². The third-order valence-electron chi connectivity index (χ3n) is 3.69. The molecule has 3 aromatic rings. The lowest BCUT2D eigenvalue weighted by molar-refractivity contribution is 0.0784. The fraction of sp³-hybridized carbons (Fsp3) is 0.222. The lowest BCUT2D eigenvalue weighted by atomic mass is 10.1. The first-order chi connectivity index (χ1) is 11.6. The second-order valence-electron chi connectivity index (χ2n) is 5.31. The van der Waals surface area contributed by atoms with Crippen molar-refractivity contribution in [2.45, 2.75) is 6.54 Å². The smallest absolute Gasteiger partial charge is 0.254 e. The van der Waals surface area contributed by atoms with Gasteiger partial charge in [0.1, 0.15) is 5.01 Å². The van der Waals surface area contributed by atoms with Crippen LogP contribution in [-0.2, 0) is 6.54 Å². The number of methoxy groups -OCH3 is 2. The largest absolute Gasteiger partial charge is 0.493 e. The molecule has 3 rings (SSSR count). The second kappa shape index (κ2) is 6.88. The molecule has 0 fully saturated rings. The number of rotatable bonds is 5. The molecule has 0 aliphatic carbocycles. The number of thiazole rings is 1. The zero-order valence-corrected chi connectivity index (χ0v) is 14.6. The molecule has 1 heterocycles. The van der Waals surface area contributed by atoms with Gasteiger partial charge in [0.15, 0.2) is 11.5 Å². The molecule has 1 amide bonds. The van der Waals surface area contributed by atoms with Gasteiger partial charge in [0.25, 0.3) is 5.91 Å². The predicted octanol–water partition coefficient (Wildman–Crippen LogP) is 3.59. The molecule has 24 heavy (non-hydrogen) atoms. The zero-order valence-electron chi connectivity index (χ0n) is 13.8. The van der Waals surface area contributed by atoms with Crippen LogP contribution in [0.5, 0.6) is 11.5 Å². The summed E-state index contributed by atoms with van der Waals surface area (Å²) in [5, 5.41) is 0.910. The Morgan fingerprint density at radius 3 is 2.58 bits per heavy atom. The number of fused-ring (bicyclic) bond motifs is 1. The highest BCUT2D eigenvalue weighted by Crippen LogP contribution is 2.28. The van der Waals surface area contributed by atoms with E-state index in [2.05, 4.69) is 4.98 Å². The van der Waals surface area contributed by atoms with Gasteiger partial charge in [-0.3, -0.25) is 4.79 Å².